The van der Waals surface area contributed by atoms with Crippen molar-refractivity contribution >= 4 is 11.5 Å². The van der Waals surface area contributed by atoms with Gasteiger partial charge in [0.15, 0.2) is 6.20 Å². The van der Waals surface area contributed by atoms with Gasteiger partial charge >= 0.3 is 5.82 Å². The third kappa shape index (κ3) is 4.76. The van der Waals surface area contributed by atoms with Crippen LogP contribution in [-0.2, 0) is 20.4 Å². The molecule has 3 rings (SSSR count). The van der Waals surface area contributed by atoms with E-state index in [0.717, 1.165) is 18.8 Å². The Bertz CT molecular complexity index is 450. The number of anilines is 1. The van der Waals surface area contributed by atoms with E-state index in [9.17, 15) is 10.1 Å². The topological polar surface area (TPSA) is 59.3 Å². The maximum atomic E-state index is 10.5. The Hall–Kier alpha value is -0.988. The number of hydrogen-bond acceptors (Lipinski definition) is 4. The summed E-state index contributed by atoms with van der Waals surface area (Å²) in [6.07, 6.45) is 8.15. The molecule has 0 aromatic carbocycles. The number of piperidine rings is 1. The van der Waals surface area contributed by atoms with Gasteiger partial charge < -0.3 is 15.0 Å². The van der Waals surface area contributed by atoms with Gasteiger partial charge in [-0.05, 0) is 47.1 Å². The van der Waals surface area contributed by atoms with Crippen molar-refractivity contribution in [2.75, 3.05) is 18.0 Å². The largest absolute Gasteiger partial charge is 0.368 e. The Morgan fingerprint density at radius 1 is 1.24 bits per heavy atom. The Morgan fingerprint density at radius 3 is 2.19 bits per heavy atom. The summed E-state index contributed by atoms with van der Waals surface area (Å²) in [6.45, 7) is 6.36. The smallest absolute Gasteiger partial charge is 0.363 e. The van der Waals surface area contributed by atoms with E-state index in [4.69, 9.17) is 0 Å². The molecule has 0 radical (unpaired) electrons. The van der Waals surface area contributed by atoms with E-state index in [1.165, 1.54) is 38.2 Å². The van der Waals surface area contributed by atoms with E-state index in [1.807, 2.05) is 0 Å². The number of nitro groups is 1. The fourth-order valence-corrected chi connectivity index (χ4v) is 2.59. The zero-order valence-electron chi connectivity index (χ0n) is 12.7. The minimum absolute atomic E-state index is 0. The quantitative estimate of drug-likeness (QED) is 0.443. The molecular weight excluding hydrogens is 361 g/mol. The molecule has 1 aromatic rings. The SMILES string of the molecule is CCC.O=[N+]([O-])c1ccc(N2CCC3(CC2)CC3)cn1.[Pd]. The molecule has 1 aliphatic carbocycles. The van der Waals surface area contributed by atoms with Crippen LogP contribution in [0.25, 0.3) is 0 Å². The molecular formula is C15H23N3O2Pd. The summed E-state index contributed by atoms with van der Waals surface area (Å²) in [4.78, 5) is 16.2. The first-order valence-corrected chi connectivity index (χ1v) is 7.45. The van der Waals surface area contributed by atoms with Crippen LogP contribution in [0.1, 0.15) is 46.0 Å². The second kappa shape index (κ2) is 7.86. The fraction of sp³-hybridized carbons (Fsp3) is 0.667. The predicted octanol–water partition coefficient (Wildman–Crippen LogP) is 3.78. The second-order valence-corrected chi connectivity index (χ2v) is 5.83. The van der Waals surface area contributed by atoms with Crippen LogP contribution in [0.3, 0.4) is 0 Å². The van der Waals surface area contributed by atoms with Crippen molar-refractivity contribution in [1.29, 1.82) is 0 Å². The zero-order chi connectivity index (χ0) is 14.6. The molecule has 1 aromatic heterocycles. The molecule has 1 spiro atoms. The average molecular weight is 384 g/mol. The molecule has 0 amide bonds. The van der Waals surface area contributed by atoms with Gasteiger partial charge in [-0.1, -0.05) is 20.3 Å². The molecule has 120 valence electrons. The van der Waals surface area contributed by atoms with Crippen LogP contribution in [-0.4, -0.2) is 23.0 Å². The summed E-state index contributed by atoms with van der Waals surface area (Å²) in [5, 5.41) is 10.5. The number of pyridine rings is 1. The molecule has 6 heteroatoms. The van der Waals surface area contributed by atoms with E-state index >= 15 is 0 Å². The Kier molecular flexibility index (Phi) is 6.76. The summed E-state index contributed by atoms with van der Waals surface area (Å²) < 4.78 is 0. The van der Waals surface area contributed by atoms with Gasteiger partial charge in [0.05, 0.1) is 5.69 Å². The molecule has 2 aliphatic rings. The van der Waals surface area contributed by atoms with Crippen molar-refractivity contribution in [3.8, 4) is 0 Å². The van der Waals surface area contributed by atoms with E-state index in [0.29, 0.717) is 5.41 Å². The fourth-order valence-electron chi connectivity index (χ4n) is 2.59. The minimum atomic E-state index is -0.459. The molecule has 0 unspecified atom stereocenters. The Morgan fingerprint density at radius 2 is 1.81 bits per heavy atom. The molecule has 0 N–H and O–H groups in total. The van der Waals surface area contributed by atoms with Gasteiger partial charge in [-0.2, -0.15) is 0 Å². The van der Waals surface area contributed by atoms with Crippen molar-refractivity contribution in [3.63, 3.8) is 0 Å². The van der Waals surface area contributed by atoms with Crippen molar-refractivity contribution in [3.05, 3.63) is 28.4 Å². The van der Waals surface area contributed by atoms with Crippen LogP contribution in [0.15, 0.2) is 18.3 Å². The van der Waals surface area contributed by atoms with Crippen molar-refractivity contribution < 1.29 is 25.3 Å². The second-order valence-electron chi connectivity index (χ2n) is 5.83. The summed E-state index contributed by atoms with van der Waals surface area (Å²) in [5.74, 6) is -0.0792. The first-order chi connectivity index (χ1) is 9.60. The van der Waals surface area contributed by atoms with Crippen molar-refractivity contribution in [1.82, 2.24) is 4.98 Å². The van der Waals surface area contributed by atoms with Crippen molar-refractivity contribution in [2.24, 2.45) is 5.41 Å². The Labute approximate surface area is 139 Å². The van der Waals surface area contributed by atoms with Crippen molar-refractivity contribution in [2.45, 2.75) is 46.0 Å². The summed E-state index contributed by atoms with van der Waals surface area (Å²) in [6, 6.07) is 3.28. The van der Waals surface area contributed by atoms with Crippen LogP contribution in [0.5, 0.6) is 0 Å². The Balaban J connectivity index is 0.000000510. The monoisotopic (exact) mass is 383 g/mol. The normalized spacial score (nSPS) is 18.3. The third-order valence-corrected chi connectivity index (χ3v) is 4.07. The number of rotatable bonds is 2. The van der Waals surface area contributed by atoms with Crippen LogP contribution < -0.4 is 4.90 Å². The average Bonchev–Trinajstić information content (AvgIpc) is 3.20. The maximum Gasteiger partial charge on any atom is 0.363 e. The molecule has 1 saturated heterocycles. The van der Waals surface area contributed by atoms with Gasteiger partial charge in [0.2, 0.25) is 0 Å². The molecule has 1 aliphatic heterocycles. The number of hydrogen-bond donors (Lipinski definition) is 0. The van der Waals surface area contributed by atoms with Gasteiger partial charge in [0.1, 0.15) is 0 Å². The standard InChI is InChI=1S/C12H15N3O2.C3H8.Pd/c16-15(17)11-2-1-10(9-13-11)14-7-5-12(3-4-12)6-8-14;1-3-2;/h1-2,9H,3-8H2;3H2,1-2H3;. The predicted molar refractivity (Wildman–Crippen MR) is 80.0 cm³/mol. The molecule has 21 heavy (non-hydrogen) atoms. The van der Waals surface area contributed by atoms with Gasteiger partial charge in [-0.3, -0.25) is 0 Å². The molecule has 5 nitrogen and oxygen atoms in total. The molecule has 2 fully saturated rings. The molecule has 2 heterocycles. The zero-order valence-corrected chi connectivity index (χ0v) is 14.2. The van der Waals surface area contributed by atoms with E-state index < -0.39 is 4.92 Å². The summed E-state index contributed by atoms with van der Waals surface area (Å²) in [7, 11) is 0. The third-order valence-electron chi connectivity index (χ3n) is 4.07. The van der Waals surface area contributed by atoms with E-state index in [2.05, 4.69) is 23.7 Å². The molecule has 0 bridgehead atoms. The summed E-state index contributed by atoms with van der Waals surface area (Å²) >= 11 is 0. The van der Waals surface area contributed by atoms with Crippen LogP contribution in [0, 0.1) is 15.5 Å². The summed E-state index contributed by atoms with van der Waals surface area (Å²) in [5.41, 5.74) is 1.66. The van der Waals surface area contributed by atoms with Gasteiger partial charge in [-0.15, -0.1) is 0 Å². The maximum absolute atomic E-state index is 10.5. The van der Waals surface area contributed by atoms with Crippen LogP contribution in [0.4, 0.5) is 11.5 Å². The minimum Gasteiger partial charge on any atom is -0.368 e. The van der Waals surface area contributed by atoms with E-state index in [-0.39, 0.29) is 26.2 Å². The number of aromatic nitrogens is 1. The van der Waals surface area contributed by atoms with Crippen LogP contribution >= 0.6 is 0 Å². The first-order valence-electron chi connectivity index (χ1n) is 7.45. The van der Waals surface area contributed by atoms with Crippen LogP contribution in [0.2, 0.25) is 0 Å². The first kappa shape index (κ1) is 18.1. The van der Waals surface area contributed by atoms with Gasteiger partial charge in [-0.25, -0.2) is 0 Å². The molecule has 0 atom stereocenters. The van der Waals surface area contributed by atoms with Gasteiger partial charge in [0.25, 0.3) is 0 Å². The molecule has 1 saturated carbocycles. The van der Waals surface area contributed by atoms with E-state index in [1.54, 1.807) is 12.3 Å². The van der Waals surface area contributed by atoms with Gasteiger partial charge in [0, 0.05) is 39.6 Å². The number of nitrogens with zero attached hydrogens (tertiary/aromatic N) is 3.